The molecule has 0 radical (unpaired) electrons. The molecule has 0 aliphatic heterocycles. The van der Waals surface area contributed by atoms with Crippen molar-refractivity contribution in [3.05, 3.63) is 57.6 Å². The lowest BCUT2D eigenvalue weighted by molar-refractivity contribution is 0.0697. The van der Waals surface area contributed by atoms with Gasteiger partial charge in [-0.1, -0.05) is 23.2 Å². The topological polar surface area (TPSA) is 46.5 Å². The second kappa shape index (κ2) is 5.51. The van der Waals surface area contributed by atoms with Crippen molar-refractivity contribution in [2.45, 2.75) is 6.92 Å². The average molecular weight is 297 g/mol. The zero-order chi connectivity index (χ0) is 14.0. The molecule has 5 heteroatoms. The summed E-state index contributed by atoms with van der Waals surface area (Å²) in [6.07, 6.45) is 0. The first kappa shape index (κ1) is 13.7. The molecule has 0 saturated heterocycles. The molecule has 0 amide bonds. The zero-order valence-corrected chi connectivity index (χ0v) is 11.5. The van der Waals surface area contributed by atoms with E-state index in [0.29, 0.717) is 21.5 Å². The fourth-order valence-electron chi connectivity index (χ4n) is 1.56. The smallest absolute Gasteiger partial charge is 0.335 e. The van der Waals surface area contributed by atoms with E-state index in [0.717, 1.165) is 5.56 Å². The minimum atomic E-state index is -0.968. The molecule has 98 valence electrons. The van der Waals surface area contributed by atoms with E-state index in [1.165, 1.54) is 6.07 Å². The number of carboxylic acid groups (broad SMARTS) is 1. The van der Waals surface area contributed by atoms with Crippen molar-refractivity contribution >= 4 is 29.2 Å². The first-order valence-corrected chi connectivity index (χ1v) is 6.20. The molecule has 0 unspecified atom stereocenters. The molecule has 0 bridgehead atoms. The number of halogens is 2. The summed E-state index contributed by atoms with van der Waals surface area (Å²) in [6.45, 7) is 1.78. The maximum atomic E-state index is 10.8. The van der Waals surface area contributed by atoms with Crippen molar-refractivity contribution in [3.63, 3.8) is 0 Å². The number of benzene rings is 2. The van der Waals surface area contributed by atoms with Crippen LogP contribution in [0, 0.1) is 6.92 Å². The Morgan fingerprint density at radius 2 is 1.84 bits per heavy atom. The van der Waals surface area contributed by atoms with Gasteiger partial charge in [0.1, 0.15) is 11.5 Å². The third-order valence-electron chi connectivity index (χ3n) is 2.54. The fraction of sp³-hybridized carbons (Fsp3) is 0.0714. The summed E-state index contributed by atoms with van der Waals surface area (Å²) in [6, 6.07) is 9.59. The van der Waals surface area contributed by atoms with Crippen molar-refractivity contribution in [2.75, 3.05) is 0 Å². The van der Waals surface area contributed by atoms with Gasteiger partial charge in [-0.25, -0.2) is 4.79 Å². The Kier molecular flexibility index (Phi) is 3.98. The first-order valence-electron chi connectivity index (χ1n) is 5.44. The molecule has 0 aliphatic rings. The summed E-state index contributed by atoms with van der Waals surface area (Å²) < 4.78 is 5.64. The van der Waals surface area contributed by atoms with Crippen LogP contribution in [-0.2, 0) is 0 Å². The van der Waals surface area contributed by atoms with Crippen LogP contribution in [0.2, 0.25) is 10.0 Å². The summed E-state index contributed by atoms with van der Waals surface area (Å²) >= 11 is 11.7. The van der Waals surface area contributed by atoms with Gasteiger partial charge in [0.05, 0.1) is 15.6 Å². The Bertz CT molecular complexity index is 639. The largest absolute Gasteiger partial charge is 0.478 e. The number of ether oxygens (including phenoxy) is 1. The Morgan fingerprint density at radius 1 is 1.11 bits per heavy atom. The third kappa shape index (κ3) is 3.19. The number of hydrogen-bond acceptors (Lipinski definition) is 2. The molecule has 19 heavy (non-hydrogen) atoms. The highest BCUT2D eigenvalue weighted by Crippen LogP contribution is 2.31. The van der Waals surface area contributed by atoms with Crippen LogP contribution in [0.1, 0.15) is 15.9 Å². The molecule has 2 aromatic rings. The zero-order valence-electron chi connectivity index (χ0n) is 9.98. The molecular formula is C14H10Cl2O3. The van der Waals surface area contributed by atoms with Crippen LogP contribution < -0.4 is 4.74 Å². The van der Waals surface area contributed by atoms with Gasteiger partial charge in [0.25, 0.3) is 0 Å². The molecule has 0 fully saturated rings. The van der Waals surface area contributed by atoms with Crippen LogP contribution in [0.4, 0.5) is 0 Å². The van der Waals surface area contributed by atoms with Gasteiger partial charge in [0.15, 0.2) is 0 Å². The van der Waals surface area contributed by atoms with Crippen LogP contribution in [-0.4, -0.2) is 11.1 Å². The van der Waals surface area contributed by atoms with E-state index >= 15 is 0 Å². The average Bonchev–Trinajstić information content (AvgIpc) is 2.36. The van der Waals surface area contributed by atoms with E-state index in [1.807, 2.05) is 0 Å². The summed E-state index contributed by atoms with van der Waals surface area (Å²) in [5.74, 6) is 0.146. The third-order valence-corrected chi connectivity index (χ3v) is 3.28. The summed E-state index contributed by atoms with van der Waals surface area (Å²) in [7, 11) is 0. The molecule has 0 spiro atoms. The normalized spacial score (nSPS) is 10.3. The van der Waals surface area contributed by atoms with E-state index in [9.17, 15) is 4.79 Å². The van der Waals surface area contributed by atoms with Gasteiger partial charge in [0.2, 0.25) is 0 Å². The number of carboxylic acids is 1. The SMILES string of the molecule is Cc1cc(C(=O)O)ccc1Oc1ccc(Cl)c(Cl)c1. The number of hydrogen-bond donors (Lipinski definition) is 1. The summed E-state index contributed by atoms with van der Waals surface area (Å²) in [5, 5.41) is 9.74. The Morgan fingerprint density at radius 3 is 2.42 bits per heavy atom. The Labute approximate surface area is 120 Å². The van der Waals surface area contributed by atoms with E-state index in [4.69, 9.17) is 33.0 Å². The van der Waals surface area contributed by atoms with Crippen molar-refractivity contribution in [1.82, 2.24) is 0 Å². The standard InChI is InChI=1S/C14H10Cl2O3/c1-8-6-9(14(17)18)2-5-13(8)19-10-3-4-11(15)12(16)7-10/h2-7H,1H3,(H,17,18). The molecule has 2 rings (SSSR count). The molecule has 3 nitrogen and oxygen atoms in total. The van der Waals surface area contributed by atoms with E-state index < -0.39 is 5.97 Å². The van der Waals surface area contributed by atoms with E-state index in [2.05, 4.69) is 0 Å². The van der Waals surface area contributed by atoms with Gasteiger partial charge in [-0.2, -0.15) is 0 Å². The predicted octanol–water partition coefficient (Wildman–Crippen LogP) is 4.79. The lowest BCUT2D eigenvalue weighted by Crippen LogP contribution is -1.97. The molecule has 0 saturated carbocycles. The van der Waals surface area contributed by atoms with E-state index in [-0.39, 0.29) is 5.56 Å². The van der Waals surface area contributed by atoms with Crippen molar-refractivity contribution in [1.29, 1.82) is 0 Å². The minimum absolute atomic E-state index is 0.221. The van der Waals surface area contributed by atoms with Crippen LogP contribution in [0.5, 0.6) is 11.5 Å². The van der Waals surface area contributed by atoms with Gasteiger partial charge in [-0.3, -0.25) is 0 Å². The fourth-order valence-corrected chi connectivity index (χ4v) is 1.85. The number of carbonyl (C=O) groups is 1. The molecule has 0 heterocycles. The van der Waals surface area contributed by atoms with Crippen LogP contribution >= 0.6 is 23.2 Å². The van der Waals surface area contributed by atoms with E-state index in [1.54, 1.807) is 37.3 Å². The van der Waals surface area contributed by atoms with Crippen molar-refractivity contribution in [3.8, 4) is 11.5 Å². The second-order valence-corrected chi connectivity index (χ2v) is 4.78. The number of aromatic carboxylic acids is 1. The molecule has 2 aromatic carbocycles. The summed E-state index contributed by atoms with van der Waals surface area (Å²) in [5.41, 5.74) is 0.949. The molecule has 0 atom stereocenters. The van der Waals surface area contributed by atoms with Crippen molar-refractivity contribution < 1.29 is 14.6 Å². The number of rotatable bonds is 3. The van der Waals surface area contributed by atoms with Gasteiger partial charge >= 0.3 is 5.97 Å². The van der Waals surface area contributed by atoms with Crippen LogP contribution in [0.3, 0.4) is 0 Å². The molecular weight excluding hydrogens is 287 g/mol. The molecule has 1 N–H and O–H groups in total. The van der Waals surface area contributed by atoms with Gasteiger partial charge in [0, 0.05) is 6.07 Å². The maximum absolute atomic E-state index is 10.8. The number of aryl methyl sites for hydroxylation is 1. The first-order chi connectivity index (χ1) is 8.97. The van der Waals surface area contributed by atoms with Gasteiger partial charge in [-0.05, 0) is 42.8 Å². The Hall–Kier alpha value is -1.71. The van der Waals surface area contributed by atoms with Gasteiger partial charge < -0.3 is 9.84 Å². The highest BCUT2D eigenvalue weighted by Gasteiger charge is 2.08. The molecule has 0 aliphatic carbocycles. The summed E-state index contributed by atoms with van der Waals surface area (Å²) in [4.78, 5) is 10.8. The molecule has 0 aromatic heterocycles. The monoisotopic (exact) mass is 296 g/mol. The maximum Gasteiger partial charge on any atom is 0.335 e. The van der Waals surface area contributed by atoms with Gasteiger partial charge in [-0.15, -0.1) is 0 Å². The lowest BCUT2D eigenvalue weighted by atomic mass is 10.1. The minimum Gasteiger partial charge on any atom is -0.478 e. The Balaban J connectivity index is 2.28. The van der Waals surface area contributed by atoms with Crippen molar-refractivity contribution in [2.24, 2.45) is 0 Å². The van der Waals surface area contributed by atoms with Crippen LogP contribution in [0.15, 0.2) is 36.4 Å². The second-order valence-electron chi connectivity index (χ2n) is 3.96. The lowest BCUT2D eigenvalue weighted by Gasteiger charge is -2.10. The highest BCUT2D eigenvalue weighted by molar-refractivity contribution is 6.42. The quantitative estimate of drug-likeness (QED) is 0.885. The highest BCUT2D eigenvalue weighted by atomic mass is 35.5. The van der Waals surface area contributed by atoms with Crippen LogP contribution in [0.25, 0.3) is 0 Å². The predicted molar refractivity (Wildman–Crippen MR) is 74.7 cm³/mol.